The monoisotopic (exact) mass is 658 g/mol. The quantitative estimate of drug-likeness (QED) is 0.0309. The lowest BCUT2D eigenvalue weighted by Gasteiger charge is -2.18. The van der Waals surface area contributed by atoms with E-state index in [9.17, 15) is 14.2 Å². The highest BCUT2D eigenvalue weighted by Crippen LogP contribution is 2.36. The van der Waals surface area contributed by atoms with Crippen molar-refractivity contribution in [3.05, 3.63) is 24.3 Å². The van der Waals surface area contributed by atoms with Crippen LogP contribution in [0.3, 0.4) is 0 Å². The standard InChI is InChI=1S/C36H67O8P/c1-3-5-7-9-11-13-15-17-19-20-22-24-26-28-30-35(37)42-32-34(33-43-45(39,40)41)44-36(38)31-29-27-25-23-21-18-16-14-12-10-8-6-4-2/h8,10,14,16,34H,3-7,9,11-13,15,17-33H2,1-2H3,(H2,39,40,41)/b10-8-,16-14-. The molecule has 0 heterocycles. The van der Waals surface area contributed by atoms with Crippen LogP contribution < -0.4 is 0 Å². The lowest BCUT2D eigenvalue weighted by Crippen LogP contribution is -2.29. The molecule has 0 aromatic carbocycles. The van der Waals surface area contributed by atoms with E-state index in [-0.39, 0.29) is 19.4 Å². The first-order valence-electron chi connectivity index (χ1n) is 18.1. The number of phosphoric acid groups is 1. The smallest absolute Gasteiger partial charge is 0.462 e. The lowest BCUT2D eigenvalue weighted by atomic mass is 10.0. The minimum absolute atomic E-state index is 0.198. The van der Waals surface area contributed by atoms with Crippen molar-refractivity contribution >= 4 is 19.8 Å². The minimum atomic E-state index is -4.75. The fraction of sp³-hybridized carbons (Fsp3) is 0.833. The Morgan fingerprint density at radius 1 is 0.578 bits per heavy atom. The molecule has 0 aliphatic carbocycles. The second-order valence-electron chi connectivity index (χ2n) is 12.2. The highest BCUT2D eigenvalue weighted by molar-refractivity contribution is 7.46. The van der Waals surface area contributed by atoms with Gasteiger partial charge in [0.2, 0.25) is 0 Å². The molecule has 264 valence electrons. The fourth-order valence-corrected chi connectivity index (χ4v) is 5.36. The number of hydrogen-bond acceptors (Lipinski definition) is 6. The minimum Gasteiger partial charge on any atom is -0.462 e. The van der Waals surface area contributed by atoms with Gasteiger partial charge in [0.1, 0.15) is 6.61 Å². The summed E-state index contributed by atoms with van der Waals surface area (Å²) in [5.41, 5.74) is 0. The third-order valence-corrected chi connectivity index (χ3v) is 8.19. The number of ether oxygens (including phenoxy) is 2. The van der Waals surface area contributed by atoms with E-state index in [0.29, 0.717) is 6.42 Å². The zero-order valence-electron chi connectivity index (χ0n) is 28.8. The first kappa shape index (κ1) is 43.5. The highest BCUT2D eigenvalue weighted by Gasteiger charge is 2.22. The maximum Gasteiger partial charge on any atom is 0.469 e. The van der Waals surface area contributed by atoms with E-state index in [1.807, 2.05) is 0 Å². The molecule has 9 heteroatoms. The van der Waals surface area contributed by atoms with E-state index >= 15 is 0 Å². The van der Waals surface area contributed by atoms with Crippen LogP contribution in [0, 0.1) is 0 Å². The molecule has 45 heavy (non-hydrogen) atoms. The first-order chi connectivity index (χ1) is 21.8. The van der Waals surface area contributed by atoms with Crippen LogP contribution in [0.15, 0.2) is 24.3 Å². The van der Waals surface area contributed by atoms with Gasteiger partial charge < -0.3 is 19.3 Å². The van der Waals surface area contributed by atoms with Gasteiger partial charge in [-0.15, -0.1) is 0 Å². The molecule has 0 aromatic rings. The molecule has 0 rings (SSSR count). The average molecular weight is 659 g/mol. The average Bonchev–Trinajstić information content (AvgIpc) is 3.00. The molecule has 0 radical (unpaired) electrons. The van der Waals surface area contributed by atoms with Crippen LogP contribution in [0.5, 0.6) is 0 Å². The number of allylic oxidation sites excluding steroid dienone is 4. The Balaban J connectivity index is 3.98. The van der Waals surface area contributed by atoms with Gasteiger partial charge in [-0.3, -0.25) is 14.1 Å². The topological polar surface area (TPSA) is 119 Å². The third-order valence-electron chi connectivity index (χ3n) is 7.70. The highest BCUT2D eigenvalue weighted by atomic mass is 31.2. The summed E-state index contributed by atoms with van der Waals surface area (Å²) in [5, 5.41) is 0. The number of unbranched alkanes of at least 4 members (excludes halogenated alkanes) is 19. The fourth-order valence-electron chi connectivity index (χ4n) is 5.00. The molecule has 0 aliphatic heterocycles. The lowest BCUT2D eigenvalue weighted by molar-refractivity contribution is -0.161. The van der Waals surface area contributed by atoms with Crippen molar-refractivity contribution in [3.63, 3.8) is 0 Å². The molecule has 8 nitrogen and oxygen atoms in total. The second kappa shape index (κ2) is 32.5. The number of carbonyl (C=O) groups excluding carboxylic acids is 2. The van der Waals surface area contributed by atoms with Crippen molar-refractivity contribution in [1.82, 2.24) is 0 Å². The molecule has 0 saturated carbocycles. The van der Waals surface area contributed by atoms with Gasteiger partial charge in [0, 0.05) is 12.8 Å². The van der Waals surface area contributed by atoms with Crippen LogP contribution in [0.2, 0.25) is 0 Å². The molecule has 0 saturated heterocycles. The van der Waals surface area contributed by atoms with Crippen LogP contribution in [0.25, 0.3) is 0 Å². The molecule has 0 amide bonds. The number of esters is 2. The summed E-state index contributed by atoms with van der Waals surface area (Å²) in [5.74, 6) is -0.898. The van der Waals surface area contributed by atoms with E-state index in [1.54, 1.807) is 0 Å². The summed E-state index contributed by atoms with van der Waals surface area (Å²) in [7, 11) is -4.75. The normalized spacial score (nSPS) is 12.7. The Morgan fingerprint density at radius 3 is 1.56 bits per heavy atom. The van der Waals surface area contributed by atoms with Crippen LogP contribution in [0.4, 0.5) is 0 Å². The van der Waals surface area contributed by atoms with Gasteiger partial charge in [0.15, 0.2) is 6.10 Å². The molecule has 1 unspecified atom stereocenters. The van der Waals surface area contributed by atoms with Crippen LogP contribution in [0.1, 0.15) is 174 Å². The van der Waals surface area contributed by atoms with Crippen molar-refractivity contribution in [2.45, 2.75) is 180 Å². The van der Waals surface area contributed by atoms with Gasteiger partial charge in [-0.1, -0.05) is 147 Å². The Morgan fingerprint density at radius 2 is 1.04 bits per heavy atom. The molecule has 2 N–H and O–H groups in total. The summed E-state index contributed by atoms with van der Waals surface area (Å²) < 4.78 is 26.2. The summed E-state index contributed by atoms with van der Waals surface area (Å²) in [4.78, 5) is 42.6. The van der Waals surface area contributed by atoms with Crippen LogP contribution in [-0.4, -0.2) is 41.0 Å². The predicted molar refractivity (Wildman–Crippen MR) is 184 cm³/mol. The maximum atomic E-state index is 12.3. The van der Waals surface area contributed by atoms with Gasteiger partial charge in [0.25, 0.3) is 0 Å². The van der Waals surface area contributed by atoms with Gasteiger partial charge in [0.05, 0.1) is 6.61 Å². The Bertz CT molecular complexity index is 792. The van der Waals surface area contributed by atoms with Gasteiger partial charge in [-0.2, -0.15) is 0 Å². The van der Waals surface area contributed by atoms with Crippen molar-refractivity contribution in [2.24, 2.45) is 0 Å². The largest absolute Gasteiger partial charge is 0.469 e. The Kier molecular flexibility index (Phi) is 31.4. The SMILES string of the molecule is CCC/C=C\C/C=C\CCCCCCCC(=O)OC(COC(=O)CCCCCCCCCCCCCCCC)COP(=O)(O)O. The van der Waals surface area contributed by atoms with E-state index in [2.05, 4.69) is 42.7 Å². The summed E-state index contributed by atoms with van der Waals surface area (Å²) in [6, 6.07) is 0. The van der Waals surface area contributed by atoms with Crippen LogP contribution >= 0.6 is 7.82 Å². The number of phosphoric ester groups is 1. The maximum absolute atomic E-state index is 12.3. The van der Waals surface area contributed by atoms with Crippen molar-refractivity contribution < 1.29 is 37.9 Å². The van der Waals surface area contributed by atoms with E-state index in [4.69, 9.17) is 19.3 Å². The molecule has 0 bridgehead atoms. The van der Waals surface area contributed by atoms with Crippen molar-refractivity contribution in [2.75, 3.05) is 13.2 Å². The number of carbonyl (C=O) groups is 2. The third kappa shape index (κ3) is 35.2. The molecule has 0 aliphatic rings. The van der Waals surface area contributed by atoms with Crippen molar-refractivity contribution in [3.8, 4) is 0 Å². The molecule has 1 atom stereocenters. The second-order valence-corrected chi connectivity index (χ2v) is 13.4. The molecule has 0 fully saturated rings. The Labute approximate surface area is 275 Å². The predicted octanol–water partition coefficient (Wildman–Crippen LogP) is 10.5. The summed E-state index contributed by atoms with van der Waals surface area (Å²) in [6.07, 6.45) is 34.7. The molecular weight excluding hydrogens is 591 g/mol. The first-order valence-corrected chi connectivity index (χ1v) is 19.7. The summed E-state index contributed by atoms with van der Waals surface area (Å²) in [6.45, 7) is 3.60. The number of rotatable bonds is 33. The summed E-state index contributed by atoms with van der Waals surface area (Å²) >= 11 is 0. The van der Waals surface area contributed by atoms with E-state index in [1.165, 1.54) is 77.0 Å². The number of hydrogen-bond donors (Lipinski definition) is 2. The molecular formula is C36H67O8P. The zero-order chi connectivity index (χ0) is 33.3. The van der Waals surface area contributed by atoms with E-state index < -0.39 is 32.5 Å². The molecule has 0 spiro atoms. The van der Waals surface area contributed by atoms with Gasteiger partial charge in [-0.25, -0.2) is 4.57 Å². The molecule has 0 aromatic heterocycles. The van der Waals surface area contributed by atoms with Gasteiger partial charge >= 0.3 is 19.8 Å². The van der Waals surface area contributed by atoms with E-state index in [0.717, 1.165) is 64.2 Å². The van der Waals surface area contributed by atoms with Gasteiger partial charge in [-0.05, 0) is 38.5 Å². The van der Waals surface area contributed by atoms with Crippen molar-refractivity contribution in [1.29, 1.82) is 0 Å². The Hall–Kier alpha value is -1.47. The zero-order valence-corrected chi connectivity index (χ0v) is 29.7. The van der Waals surface area contributed by atoms with Crippen LogP contribution in [-0.2, 0) is 28.2 Å².